The maximum absolute atomic E-state index is 12.5. The van der Waals surface area contributed by atoms with Crippen molar-refractivity contribution in [1.29, 1.82) is 0 Å². The highest BCUT2D eigenvalue weighted by Crippen LogP contribution is 2.38. The number of anilines is 3. The highest BCUT2D eigenvalue weighted by Gasteiger charge is 2.27. The van der Waals surface area contributed by atoms with Crippen molar-refractivity contribution in [2.45, 2.75) is 31.2 Å². The van der Waals surface area contributed by atoms with Gasteiger partial charge in [-0.05, 0) is 24.5 Å². The number of phenols is 1. The van der Waals surface area contributed by atoms with Gasteiger partial charge < -0.3 is 20.5 Å². The first-order valence-electron chi connectivity index (χ1n) is 9.19. The molecule has 0 heterocycles. The first-order chi connectivity index (χ1) is 14.1. The van der Waals surface area contributed by atoms with E-state index in [2.05, 4.69) is 10.6 Å². The highest BCUT2D eigenvalue weighted by molar-refractivity contribution is 7.82. The zero-order chi connectivity index (χ0) is 22.6. The van der Waals surface area contributed by atoms with E-state index in [1.54, 1.807) is 7.11 Å². The molecule has 0 saturated heterocycles. The molecule has 0 aliphatic heterocycles. The smallest absolute Gasteiger partial charge is 0.253 e. The first kappa shape index (κ1) is 24.3. The van der Waals surface area contributed by atoms with E-state index in [-0.39, 0.29) is 33.0 Å². The van der Waals surface area contributed by atoms with Crippen LogP contribution in [0.15, 0.2) is 26.6 Å². The topological polar surface area (TPSA) is 117 Å². The number of rotatable bonds is 11. The number of benzene rings is 1. The molecule has 0 radical (unpaired) electrons. The molecule has 0 aromatic heterocycles. The van der Waals surface area contributed by atoms with Crippen LogP contribution in [0.4, 0.5) is 17.1 Å². The summed E-state index contributed by atoms with van der Waals surface area (Å²) in [5.74, 6) is -0.0736. The molecule has 0 saturated carbocycles. The number of phenolic OH excluding ortho intramolecular Hbond substituents is 1. The van der Waals surface area contributed by atoms with Crippen LogP contribution in [0, 0.1) is 5.92 Å². The summed E-state index contributed by atoms with van der Waals surface area (Å²) in [6.45, 7) is 4.43. The largest absolute Gasteiger partial charge is 0.504 e. The average Bonchev–Trinajstić information content (AvgIpc) is 2.70. The Morgan fingerprint density at radius 1 is 1.20 bits per heavy atom. The lowest BCUT2D eigenvalue weighted by Gasteiger charge is -2.24. The van der Waals surface area contributed by atoms with Crippen molar-refractivity contribution in [2.24, 2.45) is 5.92 Å². The number of nitrogens with zero attached hydrogens (tertiary/aromatic N) is 1. The summed E-state index contributed by atoms with van der Waals surface area (Å²) in [6, 6.07) is 2.68. The molecule has 11 heteroatoms. The molecule has 0 amide bonds. The third kappa shape index (κ3) is 5.19. The van der Waals surface area contributed by atoms with Gasteiger partial charge in [-0.1, -0.05) is 25.4 Å². The van der Waals surface area contributed by atoms with Crippen molar-refractivity contribution < 1.29 is 18.9 Å². The van der Waals surface area contributed by atoms with Gasteiger partial charge in [0.1, 0.15) is 16.3 Å². The van der Waals surface area contributed by atoms with Crippen LogP contribution in [0.3, 0.4) is 0 Å². The predicted molar refractivity (Wildman–Crippen MR) is 118 cm³/mol. The predicted octanol–water partition coefficient (Wildman–Crippen LogP) is 2.37. The van der Waals surface area contributed by atoms with E-state index in [1.807, 2.05) is 13.8 Å². The van der Waals surface area contributed by atoms with Gasteiger partial charge in [-0.25, -0.2) is 4.21 Å². The second-order valence-electron chi connectivity index (χ2n) is 7.10. The quantitative estimate of drug-likeness (QED) is 0.266. The number of nitrogens with one attached hydrogen (secondary N) is 2. The summed E-state index contributed by atoms with van der Waals surface area (Å²) < 4.78 is 18.7. The van der Waals surface area contributed by atoms with Gasteiger partial charge in [-0.3, -0.25) is 14.4 Å². The van der Waals surface area contributed by atoms with Crippen molar-refractivity contribution in [3.63, 3.8) is 0 Å². The monoisotopic (exact) mass is 459 g/mol. The Bertz CT molecular complexity index is 990. The second kappa shape index (κ2) is 10.4. The molecule has 2 aromatic rings. The summed E-state index contributed by atoms with van der Waals surface area (Å²) in [6.07, 6.45) is 0.727. The summed E-state index contributed by atoms with van der Waals surface area (Å²) >= 11 is 6.09. The average molecular weight is 460 g/mol. The lowest BCUT2D eigenvalue weighted by Crippen LogP contribution is -2.40. The van der Waals surface area contributed by atoms with Crippen molar-refractivity contribution in [3.8, 4) is 5.75 Å². The number of hydroxylamine groups is 1. The van der Waals surface area contributed by atoms with Crippen LogP contribution in [0.2, 0.25) is 5.02 Å². The summed E-state index contributed by atoms with van der Waals surface area (Å²) in [4.78, 5) is 29.1. The number of hydrogen-bond donors (Lipinski definition) is 3. The Labute approximate surface area is 182 Å². The van der Waals surface area contributed by atoms with Gasteiger partial charge in [-0.15, -0.1) is 4.47 Å². The van der Waals surface area contributed by atoms with Crippen molar-refractivity contribution >= 4 is 39.6 Å². The van der Waals surface area contributed by atoms with E-state index in [9.17, 15) is 18.9 Å². The Balaban J connectivity index is 2.36. The van der Waals surface area contributed by atoms with Crippen LogP contribution in [0.5, 0.6) is 5.75 Å². The molecule has 0 aliphatic carbocycles. The van der Waals surface area contributed by atoms with Crippen molar-refractivity contribution in [3.05, 3.63) is 37.6 Å². The van der Waals surface area contributed by atoms with Crippen molar-refractivity contribution in [1.82, 2.24) is 4.47 Å². The fourth-order valence-electron chi connectivity index (χ4n) is 2.94. The van der Waals surface area contributed by atoms with Crippen LogP contribution < -0.4 is 21.5 Å². The SMILES string of the molecule is COCC(CC(C)C)Nc1c(Nc2ccc(Cl)c(S(=O)N(C)OC)c2O)c(=O)c1=O. The zero-order valence-corrected chi connectivity index (χ0v) is 19.0. The number of methoxy groups -OCH3 is 1. The molecular weight excluding hydrogens is 434 g/mol. The Morgan fingerprint density at radius 3 is 2.40 bits per heavy atom. The molecule has 30 heavy (non-hydrogen) atoms. The summed E-state index contributed by atoms with van der Waals surface area (Å²) in [7, 11) is 2.37. The van der Waals surface area contributed by atoms with E-state index in [4.69, 9.17) is 21.2 Å². The molecule has 0 fully saturated rings. The van der Waals surface area contributed by atoms with E-state index in [0.717, 1.165) is 10.9 Å². The first-order valence-corrected chi connectivity index (χ1v) is 10.7. The maximum Gasteiger partial charge on any atom is 0.253 e. The van der Waals surface area contributed by atoms with Crippen LogP contribution >= 0.6 is 11.6 Å². The van der Waals surface area contributed by atoms with E-state index in [1.165, 1.54) is 26.3 Å². The molecule has 0 bridgehead atoms. The number of hydrogen-bond acceptors (Lipinski definition) is 8. The molecule has 3 N–H and O–H groups in total. The number of ether oxygens (including phenoxy) is 1. The van der Waals surface area contributed by atoms with Gasteiger partial charge in [0.15, 0.2) is 16.7 Å². The minimum Gasteiger partial charge on any atom is -0.504 e. The lowest BCUT2D eigenvalue weighted by molar-refractivity contribution is -0.0205. The molecule has 0 aliphatic rings. The molecule has 2 rings (SSSR count). The normalized spacial score (nSPS) is 13.7. The third-order valence-electron chi connectivity index (χ3n) is 4.39. The number of aromatic hydroxyl groups is 1. The van der Waals surface area contributed by atoms with Gasteiger partial charge in [0.25, 0.3) is 10.9 Å². The summed E-state index contributed by atoms with van der Waals surface area (Å²) in [5.41, 5.74) is -1.16. The van der Waals surface area contributed by atoms with Gasteiger partial charge in [0, 0.05) is 20.2 Å². The van der Waals surface area contributed by atoms with Crippen molar-refractivity contribution in [2.75, 3.05) is 38.5 Å². The zero-order valence-electron chi connectivity index (χ0n) is 17.4. The number of halogens is 1. The van der Waals surface area contributed by atoms with Crippen LogP contribution in [-0.4, -0.2) is 47.7 Å². The molecule has 2 aromatic carbocycles. The van der Waals surface area contributed by atoms with E-state index >= 15 is 0 Å². The molecular formula is C19H26ClN3O6S. The Hall–Kier alpha value is -1.98. The minimum absolute atomic E-state index is 0.0133. The second-order valence-corrected chi connectivity index (χ2v) is 8.93. The van der Waals surface area contributed by atoms with Gasteiger partial charge >= 0.3 is 0 Å². The standard InChI is InChI=1S/C19H26ClN3O6S/c1-10(2)8-11(9-28-4)21-14-15(18(26)17(14)25)22-13-7-6-12(20)19(16(13)24)30(27)23(3)29-5/h6-7,10-11,21-22,24H,8-9H2,1-5H3. The van der Waals surface area contributed by atoms with E-state index < -0.39 is 27.6 Å². The van der Waals surface area contributed by atoms with Crippen LogP contribution in [0.1, 0.15) is 20.3 Å². The lowest BCUT2D eigenvalue weighted by atomic mass is 10.0. The summed E-state index contributed by atoms with van der Waals surface area (Å²) in [5, 5.41) is 16.5. The van der Waals surface area contributed by atoms with Gasteiger partial charge in [0.05, 0.1) is 24.4 Å². The van der Waals surface area contributed by atoms with E-state index in [0.29, 0.717) is 12.5 Å². The van der Waals surface area contributed by atoms with Crippen LogP contribution in [-0.2, 0) is 20.6 Å². The molecule has 0 spiro atoms. The van der Waals surface area contributed by atoms with Gasteiger partial charge in [0.2, 0.25) is 0 Å². The molecule has 166 valence electrons. The Kier molecular flexibility index (Phi) is 8.39. The molecule has 2 atom stereocenters. The minimum atomic E-state index is -1.91. The Morgan fingerprint density at radius 2 is 1.83 bits per heavy atom. The van der Waals surface area contributed by atoms with Crippen LogP contribution in [0.25, 0.3) is 0 Å². The molecule has 2 unspecified atom stereocenters. The maximum atomic E-state index is 12.5. The fraction of sp³-hybridized carbons (Fsp3) is 0.474. The highest BCUT2D eigenvalue weighted by atomic mass is 35.5. The van der Waals surface area contributed by atoms with Gasteiger partial charge in [-0.2, -0.15) is 0 Å². The molecule has 9 nitrogen and oxygen atoms in total. The fourth-order valence-corrected chi connectivity index (χ4v) is 4.19. The third-order valence-corrected chi connectivity index (χ3v) is 6.20.